The van der Waals surface area contributed by atoms with Crippen LogP contribution in [0.1, 0.15) is 87.8 Å². The lowest BCUT2D eigenvalue weighted by Crippen LogP contribution is -2.23. The summed E-state index contributed by atoms with van der Waals surface area (Å²) in [7, 11) is 0. The van der Waals surface area contributed by atoms with Crippen molar-refractivity contribution >= 4 is 56.1 Å². The number of furan rings is 1. The third kappa shape index (κ3) is 5.47. The average molecular weight is 879 g/mol. The molecule has 0 saturated carbocycles. The summed E-state index contributed by atoms with van der Waals surface area (Å²) in [6, 6.07) is 72.2. The number of hydrogen-bond donors (Lipinski definition) is 0. The highest BCUT2D eigenvalue weighted by Gasteiger charge is 2.43. The van der Waals surface area contributed by atoms with Gasteiger partial charge in [-0.1, -0.05) is 181 Å². The maximum Gasteiger partial charge on any atom is 0.159 e. The molecule has 0 bridgehead atoms. The smallest absolute Gasteiger partial charge is 0.159 e. The zero-order chi connectivity index (χ0) is 46.1. The van der Waals surface area contributed by atoms with Gasteiger partial charge in [0.1, 0.15) is 0 Å². The van der Waals surface area contributed by atoms with Crippen molar-refractivity contribution in [2.24, 2.45) is 0 Å². The maximum absolute atomic E-state index is 7.52. The van der Waals surface area contributed by atoms with Crippen LogP contribution in [-0.2, 0) is 16.2 Å². The molecule has 3 heteroatoms. The van der Waals surface area contributed by atoms with E-state index in [9.17, 15) is 0 Å². The fraction of sp³-hybridized carbons (Fsp3) is 0.169. The molecule has 1 heterocycles. The van der Waals surface area contributed by atoms with E-state index in [2.05, 4.69) is 245 Å². The molecular formula is C65H54N2O. The second-order valence-electron chi connectivity index (χ2n) is 20.3. The Morgan fingerprint density at radius 2 is 0.794 bits per heavy atom. The van der Waals surface area contributed by atoms with Gasteiger partial charge in [-0.25, -0.2) is 0 Å². The first kappa shape index (κ1) is 40.6. The van der Waals surface area contributed by atoms with Gasteiger partial charge < -0.3 is 14.2 Å². The van der Waals surface area contributed by atoms with E-state index < -0.39 is 0 Å². The number of anilines is 6. The Labute approximate surface area is 400 Å². The van der Waals surface area contributed by atoms with Gasteiger partial charge in [-0.2, -0.15) is 0 Å². The summed E-state index contributed by atoms with van der Waals surface area (Å²) in [5.74, 6) is 0. The monoisotopic (exact) mass is 878 g/mol. The van der Waals surface area contributed by atoms with Gasteiger partial charge in [-0.3, -0.25) is 0 Å². The second kappa shape index (κ2) is 14.7. The molecule has 3 aliphatic carbocycles. The van der Waals surface area contributed by atoms with Crippen molar-refractivity contribution in [2.75, 3.05) is 9.80 Å². The highest BCUT2D eigenvalue weighted by atomic mass is 16.3. The molecule has 1 aromatic heterocycles. The van der Waals surface area contributed by atoms with Crippen molar-refractivity contribution in [2.45, 2.75) is 70.6 Å². The molecule has 0 fully saturated rings. The Hall–Kier alpha value is -7.62. The first-order valence-electron chi connectivity index (χ1n) is 24.5. The van der Waals surface area contributed by atoms with E-state index in [1.165, 1.54) is 66.8 Å². The van der Waals surface area contributed by atoms with Crippen LogP contribution in [0.3, 0.4) is 0 Å². The van der Waals surface area contributed by atoms with E-state index >= 15 is 0 Å². The lowest BCUT2D eigenvalue weighted by atomic mass is 9.74. The quantitative estimate of drug-likeness (QED) is 0.152. The summed E-state index contributed by atoms with van der Waals surface area (Å²) in [5.41, 5.74) is 23.9. The van der Waals surface area contributed by atoms with Gasteiger partial charge in [0.2, 0.25) is 0 Å². The number of nitrogens with zero attached hydrogens (tertiary/aromatic N) is 2. The van der Waals surface area contributed by atoms with Crippen LogP contribution in [0, 0.1) is 0 Å². The van der Waals surface area contributed by atoms with E-state index in [4.69, 9.17) is 4.42 Å². The number of para-hydroxylation sites is 3. The molecule has 0 saturated heterocycles. The van der Waals surface area contributed by atoms with Crippen molar-refractivity contribution in [1.29, 1.82) is 0 Å². The predicted molar refractivity (Wildman–Crippen MR) is 285 cm³/mol. The Morgan fingerprint density at radius 1 is 0.353 bits per heavy atom. The minimum absolute atomic E-state index is 0.0564. The van der Waals surface area contributed by atoms with Gasteiger partial charge >= 0.3 is 0 Å². The Balaban J connectivity index is 1.05. The maximum atomic E-state index is 7.52. The zero-order valence-corrected chi connectivity index (χ0v) is 39.7. The van der Waals surface area contributed by atoms with Crippen LogP contribution >= 0.6 is 0 Å². The molecule has 68 heavy (non-hydrogen) atoms. The molecular weight excluding hydrogens is 825 g/mol. The molecule has 0 aliphatic heterocycles. The van der Waals surface area contributed by atoms with Crippen molar-refractivity contribution < 1.29 is 4.42 Å². The fourth-order valence-electron chi connectivity index (χ4n) is 12.9. The third-order valence-electron chi connectivity index (χ3n) is 16.3. The van der Waals surface area contributed by atoms with E-state index in [0.29, 0.717) is 0 Å². The molecule has 0 N–H and O–H groups in total. The summed E-state index contributed by atoms with van der Waals surface area (Å²) in [6.45, 7) is 14.2. The first-order chi connectivity index (χ1) is 33.2. The van der Waals surface area contributed by atoms with Gasteiger partial charge in [-0.15, -0.1) is 0 Å². The van der Waals surface area contributed by atoms with E-state index in [0.717, 1.165) is 68.9 Å². The number of benzene rings is 9. The minimum Gasteiger partial charge on any atom is -0.452 e. The van der Waals surface area contributed by atoms with Crippen molar-refractivity contribution in [3.63, 3.8) is 0 Å². The number of hydrogen-bond acceptors (Lipinski definition) is 3. The molecule has 330 valence electrons. The van der Waals surface area contributed by atoms with Crippen LogP contribution in [0.5, 0.6) is 0 Å². The van der Waals surface area contributed by atoms with E-state index in [1.807, 2.05) is 0 Å². The lowest BCUT2D eigenvalue weighted by molar-refractivity contribution is 0.490. The fourth-order valence-corrected chi connectivity index (χ4v) is 12.9. The first-order valence-corrected chi connectivity index (χ1v) is 24.5. The third-order valence-corrected chi connectivity index (χ3v) is 16.3. The minimum atomic E-state index is -0.164. The highest BCUT2D eigenvalue weighted by Crippen LogP contribution is 2.59. The van der Waals surface area contributed by atoms with Crippen LogP contribution in [0.15, 0.2) is 199 Å². The van der Waals surface area contributed by atoms with Crippen molar-refractivity contribution in [3.05, 3.63) is 228 Å². The van der Waals surface area contributed by atoms with Gasteiger partial charge in [0.05, 0.1) is 17.1 Å². The zero-order valence-electron chi connectivity index (χ0n) is 39.7. The Morgan fingerprint density at radius 3 is 1.35 bits per heavy atom. The molecule has 0 radical (unpaired) electrons. The lowest BCUT2D eigenvalue weighted by Gasteiger charge is -2.31. The normalized spacial score (nSPS) is 15.1. The largest absolute Gasteiger partial charge is 0.452 e. The summed E-state index contributed by atoms with van der Waals surface area (Å²) >= 11 is 0. The van der Waals surface area contributed by atoms with Crippen LogP contribution in [-0.4, -0.2) is 0 Å². The average Bonchev–Trinajstić information content (AvgIpc) is 4.05. The number of rotatable bonds is 8. The molecule has 3 aliphatic rings. The summed E-state index contributed by atoms with van der Waals surface area (Å²) in [4.78, 5) is 4.90. The Bertz CT molecular complexity index is 3570. The molecule has 3 nitrogen and oxygen atoms in total. The van der Waals surface area contributed by atoms with Crippen molar-refractivity contribution in [3.8, 4) is 33.4 Å². The summed E-state index contributed by atoms with van der Waals surface area (Å²) in [6.07, 6.45) is 2.06. The van der Waals surface area contributed by atoms with Crippen LogP contribution in [0.4, 0.5) is 34.1 Å². The SMILES string of the molecule is CCC1(CC)c2ccccc2-c2c(N(c3ccccc3)c3cccc4c3oc3c(N(c5ccc6c(c5)C(C)(C)c5ccccc5-6)c5ccc6c(c5)C(C)(C)c5ccccc5-6)cccc34)cccc21. The second-order valence-corrected chi connectivity index (χ2v) is 20.3. The topological polar surface area (TPSA) is 19.6 Å². The van der Waals surface area contributed by atoms with Crippen LogP contribution in [0.2, 0.25) is 0 Å². The van der Waals surface area contributed by atoms with Crippen LogP contribution in [0.25, 0.3) is 55.3 Å². The molecule has 13 rings (SSSR count). The molecule has 9 aromatic carbocycles. The van der Waals surface area contributed by atoms with Crippen LogP contribution < -0.4 is 9.80 Å². The molecule has 0 spiro atoms. The van der Waals surface area contributed by atoms with E-state index in [1.54, 1.807) is 0 Å². The highest BCUT2D eigenvalue weighted by molar-refractivity contribution is 6.14. The Kier molecular flexibility index (Phi) is 8.78. The van der Waals surface area contributed by atoms with Gasteiger partial charge in [0, 0.05) is 49.6 Å². The standard InChI is InChI=1S/C65H54N2O/c1-7-65(8-2)53-30-17-14-25-50(53)60-54(65)31-20-32-57(60)67(41-21-10-9-11-22-41)59-34-19-27-49-48-26-18-33-58(61(48)68-62(49)59)66(42-35-37-46-44-23-12-15-28-51(44)63(3,4)55(46)39-42)43-36-38-47-45-24-13-16-29-52(45)64(5,6)56(47)40-43/h9-40H,7-8H2,1-6H3. The van der Waals surface area contributed by atoms with E-state index in [-0.39, 0.29) is 16.2 Å². The predicted octanol–water partition coefficient (Wildman–Crippen LogP) is 18.2. The summed E-state index contributed by atoms with van der Waals surface area (Å²) in [5, 5.41) is 2.17. The molecule has 0 atom stereocenters. The van der Waals surface area contributed by atoms with Gasteiger partial charge in [0.25, 0.3) is 0 Å². The number of fused-ring (bicyclic) bond motifs is 12. The van der Waals surface area contributed by atoms with Gasteiger partial charge in [0.15, 0.2) is 11.2 Å². The van der Waals surface area contributed by atoms with Crippen molar-refractivity contribution in [1.82, 2.24) is 0 Å². The summed E-state index contributed by atoms with van der Waals surface area (Å²) < 4.78 is 7.52. The molecule has 10 aromatic rings. The van der Waals surface area contributed by atoms with Gasteiger partial charge in [-0.05, 0) is 129 Å². The molecule has 0 unspecified atom stereocenters. The molecule has 0 amide bonds.